The third kappa shape index (κ3) is 7.68. The monoisotopic (exact) mass is 408 g/mol. The topological polar surface area (TPSA) is 123 Å². The highest BCUT2D eigenvalue weighted by atomic mass is 16.5. The Hall–Kier alpha value is -2.69. The van der Waals surface area contributed by atoms with Crippen LogP contribution in [0, 0.1) is 0 Å². The zero-order chi connectivity index (χ0) is 21.2. The number of nitrogens with one attached hydrogen (secondary N) is 1. The molecule has 10 nitrogen and oxygen atoms in total. The number of rotatable bonds is 4. The summed E-state index contributed by atoms with van der Waals surface area (Å²) in [6, 6.07) is 8.03. The number of carboxylic acids is 2. The van der Waals surface area contributed by atoms with Gasteiger partial charge in [0, 0.05) is 39.3 Å². The first-order valence-corrected chi connectivity index (χ1v) is 9.45. The molecule has 1 aromatic rings. The number of carboxylic acid groups (broad SMARTS) is 2. The molecule has 0 unspecified atom stereocenters. The third-order valence-corrected chi connectivity index (χ3v) is 4.68. The van der Waals surface area contributed by atoms with E-state index in [0.717, 1.165) is 63.9 Å². The van der Waals surface area contributed by atoms with Crippen molar-refractivity contribution in [3.8, 4) is 0 Å². The summed E-state index contributed by atoms with van der Waals surface area (Å²) in [5, 5.41) is 17.9. The number of amides is 1. The van der Waals surface area contributed by atoms with Crippen molar-refractivity contribution >= 4 is 29.2 Å². The van der Waals surface area contributed by atoms with Crippen molar-refractivity contribution in [2.75, 3.05) is 76.3 Å². The van der Waals surface area contributed by atoms with E-state index in [1.807, 2.05) is 18.2 Å². The van der Waals surface area contributed by atoms with Crippen molar-refractivity contribution in [1.82, 2.24) is 9.80 Å². The van der Waals surface area contributed by atoms with E-state index >= 15 is 0 Å². The maximum Gasteiger partial charge on any atom is 0.414 e. The molecule has 0 atom stereocenters. The minimum absolute atomic E-state index is 0.0651. The lowest BCUT2D eigenvalue weighted by atomic mass is 10.2. The standard InChI is InChI=1S/C17H26N4O2.C2H2O4/c1-19-6-8-20(9-7-19)14-17(22)18-15-4-2-3-5-16(15)21-10-12-23-13-11-21;3-1(4)2(5)6/h2-5H,6-14H2,1H3,(H,18,22);(H,3,4)(H,5,6). The van der Waals surface area contributed by atoms with Crippen LogP contribution in [0.25, 0.3) is 0 Å². The Balaban J connectivity index is 0.000000438. The number of ether oxygens (including phenoxy) is 1. The summed E-state index contributed by atoms with van der Waals surface area (Å²) in [6.07, 6.45) is 0. The Morgan fingerprint density at radius 3 is 2.14 bits per heavy atom. The van der Waals surface area contributed by atoms with Crippen LogP contribution in [-0.4, -0.2) is 104 Å². The number of morpholine rings is 1. The highest BCUT2D eigenvalue weighted by Gasteiger charge is 2.19. The van der Waals surface area contributed by atoms with Crippen molar-refractivity contribution in [3.63, 3.8) is 0 Å². The number of aliphatic carboxylic acids is 2. The van der Waals surface area contributed by atoms with E-state index in [0.29, 0.717) is 6.54 Å². The summed E-state index contributed by atoms with van der Waals surface area (Å²) < 4.78 is 5.41. The third-order valence-electron chi connectivity index (χ3n) is 4.68. The lowest BCUT2D eigenvalue weighted by Gasteiger charge is -2.32. The van der Waals surface area contributed by atoms with Gasteiger partial charge in [-0.15, -0.1) is 0 Å². The molecule has 1 aromatic carbocycles. The van der Waals surface area contributed by atoms with Crippen LogP contribution in [-0.2, 0) is 19.1 Å². The molecular formula is C19H28N4O6. The largest absolute Gasteiger partial charge is 0.473 e. The first-order valence-electron chi connectivity index (χ1n) is 9.45. The van der Waals surface area contributed by atoms with Crippen LogP contribution in [0.5, 0.6) is 0 Å². The zero-order valence-electron chi connectivity index (χ0n) is 16.5. The van der Waals surface area contributed by atoms with Crippen molar-refractivity contribution in [2.24, 2.45) is 0 Å². The number of nitrogens with zero attached hydrogens (tertiary/aromatic N) is 3. The summed E-state index contributed by atoms with van der Waals surface area (Å²) in [5.74, 6) is -3.58. The average Bonchev–Trinajstić information content (AvgIpc) is 2.71. The zero-order valence-corrected chi connectivity index (χ0v) is 16.5. The fourth-order valence-electron chi connectivity index (χ4n) is 3.06. The van der Waals surface area contributed by atoms with Crippen LogP contribution in [0.2, 0.25) is 0 Å². The number of hydrogen-bond acceptors (Lipinski definition) is 7. The maximum absolute atomic E-state index is 12.4. The molecule has 0 bridgehead atoms. The first-order chi connectivity index (χ1) is 13.9. The van der Waals surface area contributed by atoms with Crippen LogP contribution in [0.15, 0.2) is 24.3 Å². The quantitative estimate of drug-likeness (QED) is 0.585. The number of carbonyl (C=O) groups is 3. The number of hydrogen-bond donors (Lipinski definition) is 3. The number of likely N-dealkylation sites (N-methyl/N-ethyl adjacent to an activating group) is 1. The highest BCUT2D eigenvalue weighted by molar-refractivity contribution is 6.27. The number of benzene rings is 1. The first kappa shape index (κ1) is 22.6. The fraction of sp³-hybridized carbons (Fsp3) is 0.526. The molecule has 1 amide bonds. The van der Waals surface area contributed by atoms with Gasteiger partial charge in [-0.3, -0.25) is 9.69 Å². The molecule has 3 rings (SSSR count). The SMILES string of the molecule is CN1CCN(CC(=O)Nc2ccccc2N2CCOCC2)CC1.O=C(O)C(=O)O. The van der Waals surface area contributed by atoms with Gasteiger partial charge in [0.2, 0.25) is 5.91 Å². The van der Waals surface area contributed by atoms with Gasteiger partial charge in [-0.1, -0.05) is 12.1 Å². The molecule has 2 saturated heterocycles. The van der Waals surface area contributed by atoms with Gasteiger partial charge in [0.25, 0.3) is 0 Å². The van der Waals surface area contributed by atoms with Gasteiger partial charge in [0.15, 0.2) is 0 Å². The van der Waals surface area contributed by atoms with Gasteiger partial charge in [-0.05, 0) is 19.2 Å². The molecule has 3 N–H and O–H groups in total. The molecule has 160 valence electrons. The minimum Gasteiger partial charge on any atom is -0.473 e. The lowest BCUT2D eigenvalue weighted by molar-refractivity contribution is -0.159. The van der Waals surface area contributed by atoms with E-state index in [1.54, 1.807) is 0 Å². The Morgan fingerprint density at radius 2 is 1.55 bits per heavy atom. The van der Waals surface area contributed by atoms with Crippen LogP contribution in [0.4, 0.5) is 11.4 Å². The molecule has 29 heavy (non-hydrogen) atoms. The second-order valence-electron chi connectivity index (χ2n) is 6.85. The van der Waals surface area contributed by atoms with E-state index in [1.165, 1.54) is 0 Å². The summed E-state index contributed by atoms with van der Waals surface area (Å²) in [4.78, 5) is 37.4. The second-order valence-corrected chi connectivity index (χ2v) is 6.85. The smallest absolute Gasteiger partial charge is 0.414 e. The molecule has 0 saturated carbocycles. The summed E-state index contributed by atoms with van der Waals surface area (Å²) >= 11 is 0. The minimum atomic E-state index is -1.82. The van der Waals surface area contributed by atoms with E-state index in [4.69, 9.17) is 24.5 Å². The number of anilines is 2. The van der Waals surface area contributed by atoms with Gasteiger partial charge in [0.05, 0.1) is 31.1 Å². The van der Waals surface area contributed by atoms with E-state index in [-0.39, 0.29) is 5.91 Å². The van der Waals surface area contributed by atoms with Gasteiger partial charge in [-0.2, -0.15) is 0 Å². The molecule has 10 heteroatoms. The molecule has 0 spiro atoms. The number of para-hydroxylation sites is 2. The molecule has 0 aliphatic carbocycles. The molecule has 2 aliphatic heterocycles. The fourth-order valence-corrected chi connectivity index (χ4v) is 3.06. The van der Waals surface area contributed by atoms with Crippen molar-refractivity contribution in [3.05, 3.63) is 24.3 Å². The Kier molecular flexibility index (Phi) is 8.84. The highest BCUT2D eigenvalue weighted by Crippen LogP contribution is 2.26. The van der Waals surface area contributed by atoms with E-state index < -0.39 is 11.9 Å². The summed E-state index contributed by atoms with van der Waals surface area (Å²) in [6.45, 7) is 7.63. The van der Waals surface area contributed by atoms with E-state index in [2.05, 4.69) is 33.1 Å². The molecular weight excluding hydrogens is 380 g/mol. The molecule has 0 aromatic heterocycles. The molecule has 2 aliphatic rings. The van der Waals surface area contributed by atoms with E-state index in [9.17, 15) is 4.79 Å². The van der Waals surface area contributed by atoms with Gasteiger partial charge in [0.1, 0.15) is 0 Å². The summed E-state index contributed by atoms with van der Waals surface area (Å²) in [5.41, 5.74) is 1.98. The Morgan fingerprint density at radius 1 is 0.966 bits per heavy atom. The lowest BCUT2D eigenvalue weighted by Crippen LogP contribution is -2.47. The van der Waals surface area contributed by atoms with Crippen LogP contribution < -0.4 is 10.2 Å². The van der Waals surface area contributed by atoms with Crippen molar-refractivity contribution < 1.29 is 29.3 Å². The number of piperazine rings is 1. The molecule has 2 heterocycles. The molecule has 2 fully saturated rings. The summed E-state index contributed by atoms with van der Waals surface area (Å²) in [7, 11) is 2.12. The Bertz CT molecular complexity index is 688. The van der Waals surface area contributed by atoms with Crippen molar-refractivity contribution in [1.29, 1.82) is 0 Å². The second kappa shape index (κ2) is 11.3. The predicted octanol–water partition coefficient (Wildman–Crippen LogP) is -0.135. The van der Waals surface area contributed by atoms with Gasteiger partial charge < -0.3 is 30.1 Å². The molecule has 0 radical (unpaired) electrons. The van der Waals surface area contributed by atoms with Crippen LogP contribution in [0.3, 0.4) is 0 Å². The predicted molar refractivity (Wildman–Crippen MR) is 107 cm³/mol. The normalized spacial score (nSPS) is 17.8. The maximum atomic E-state index is 12.4. The van der Waals surface area contributed by atoms with Crippen molar-refractivity contribution in [2.45, 2.75) is 0 Å². The number of carbonyl (C=O) groups excluding carboxylic acids is 1. The Labute approximate surface area is 169 Å². The average molecular weight is 408 g/mol. The van der Waals surface area contributed by atoms with Gasteiger partial charge >= 0.3 is 11.9 Å². The van der Waals surface area contributed by atoms with Crippen LogP contribution >= 0.6 is 0 Å². The van der Waals surface area contributed by atoms with Crippen LogP contribution in [0.1, 0.15) is 0 Å². The van der Waals surface area contributed by atoms with Gasteiger partial charge in [-0.25, -0.2) is 9.59 Å².